The van der Waals surface area contributed by atoms with Crippen molar-refractivity contribution in [2.24, 2.45) is 0 Å². The van der Waals surface area contributed by atoms with Crippen molar-refractivity contribution in [3.05, 3.63) is 27.0 Å². The maximum absolute atomic E-state index is 11.1. The molecule has 4 N–H and O–H groups in total. The Kier molecular flexibility index (Phi) is 3.59. The van der Waals surface area contributed by atoms with E-state index in [1.54, 1.807) is 0 Å². The first-order chi connectivity index (χ1) is 7.49. The fourth-order valence-corrected chi connectivity index (χ4v) is 0.936. The van der Waals surface area contributed by atoms with Crippen LogP contribution in [-0.2, 0) is 9.59 Å². The Bertz CT molecular complexity index is 515. The van der Waals surface area contributed by atoms with Crippen LogP contribution in [0.5, 0.6) is 0 Å². The Morgan fingerprint density at radius 2 is 2.00 bits per heavy atom. The molecule has 0 aromatic carbocycles. The maximum Gasteiger partial charge on any atom is 0.325 e. The van der Waals surface area contributed by atoms with Gasteiger partial charge in [-0.2, -0.15) is 0 Å². The molecule has 8 nitrogen and oxygen atoms in total. The summed E-state index contributed by atoms with van der Waals surface area (Å²) in [5.41, 5.74) is -1.56. The van der Waals surface area contributed by atoms with Gasteiger partial charge in [-0.15, -0.1) is 0 Å². The number of carbonyl (C=O) groups is 2. The van der Waals surface area contributed by atoms with Gasteiger partial charge in [0, 0.05) is 12.6 Å². The SMILES string of the molecule is O=C(O)CCC(=O)Nc1c[nH]c(=O)[nH]c1=O. The van der Waals surface area contributed by atoms with E-state index in [1.165, 1.54) is 0 Å². The molecule has 0 aliphatic heterocycles. The number of amides is 1. The van der Waals surface area contributed by atoms with Gasteiger partial charge in [-0.1, -0.05) is 0 Å². The third kappa shape index (κ3) is 3.40. The number of aromatic amines is 2. The zero-order valence-electron chi connectivity index (χ0n) is 8.07. The fourth-order valence-electron chi connectivity index (χ4n) is 0.936. The molecule has 0 radical (unpaired) electrons. The lowest BCUT2D eigenvalue weighted by Crippen LogP contribution is -2.26. The van der Waals surface area contributed by atoms with Crippen LogP contribution in [0.2, 0.25) is 0 Å². The largest absolute Gasteiger partial charge is 0.481 e. The second kappa shape index (κ2) is 4.91. The van der Waals surface area contributed by atoms with Crippen molar-refractivity contribution >= 4 is 17.6 Å². The average Bonchev–Trinajstić information content (AvgIpc) is 2.19. The van der Waals surface area contributed by atoms with Gasteiger partial charge in [-0.3, -0.25) is 19.4 Å². The zero-order chi connectivity index (χ0) is 12.1. The highest BCUT2D eigenvalue weighted by atomic mass is 16.4. The number of anilines is 1. The molecule has 1 aromatic heterocycles. The maximum atomic E-state index is 11.1. The number of carboxylic acid groups (broad SMARTS) is 1. The van der Waals surface area contributed by atoms with Gasteiger partial charge in [0.15, 0.2) is 0 Å². The number of nitrogens with one attached hydrogen (secondary N) is 3. The highest BCUT2D eigenvalue weighted by molar-refractivity contribution is 5.92. The second-order valence-corrected chi connectivity index (χ2v) is 2.93. The molecular formula is C8H9N3O5. The number of aliphatic carboxylic acids is 1. The van der Waals surface area contributed by atoms with E-state index in [2.05, 4.69) is 10.3 Å². The summed E-state index contributed by atoms with van der Waals surface area (Å²) in [6.45, 7) is 0. The molecular weight excluding hydrogens is 218 g/mol. The third-order valence-electron chi connectivity index (χ3n) is 1.66. The highest BCUT2D eigenvalue weighted by Gasteiger charge is 2.07. The van der Waals surface area contributed by atoms with Crippen LogP contribution in [0.25, 0.3) is 0 Å². The summed E-state index contributed by atoms with van der Waals surface area (Å²) in [7, 11) is 0. The molecule has 1 amide bonds. The van der Waals surface area contributed by atoms with Crippen molar-refractivity contribution in [1.82, 2.24) is 9.97 Å². The van der Waals surface area contributed by atoms with E-state index in [-0.39, 0.29) is 18.5 Å². The molecule has 8 heteroatoms. The van der Waals surface area contributed by atoms with E-state index < -0.39 is 23.1 Å². The van der Waals surface area contributed by atoms with Crippen molar-refractivity contribution in [2.45, 2.75) is 12.8 Å². The van der Waals surface area contributed by atoms with Crippen molar-refractivity contribution in [3.8, 4) is 0 Å². The standard InChI is InChI=1S/C8H9N3O5/c12-5(1-2-6(13)14)10-4-3-9-8(16)11-7(4)15/h3H,1-2H2,(H,10,12)(H,13,14)(H2,9,11,15,16). The number of hydrogen-bond donors (Lipinski definition) is 4. The highest BCUT2D eigenvalue weighted by Crippen LogP contribution is 1.96. The zero-order valence-corrected chi connectivity index (χ0v) is 8.07. The lowest BCUT2D eigenvalue weighted by molar-refractivity contribution is -0.138. The fraction of sp³-hybridized carbons (Fsp3) is 0.250. The first-order valence-electron chi connectivity index (χ1n) is 4.32. The van der Waals surface area contributed by atoms with Gasteiger partial charge in [0.2, 0.25) is 5.91 Å². The van der Waals surface area contributed by atoms with Crippen LogP contribution in [0.4, 0.5) is 5.69 Å². The van der Waals surface area contributed by atoms with Crippen LogP contribution in [0, 0.1) is 0 Å². The summed E-state index contributed by atoms with van der Waals surface area (Å²) in [4.78, 5) is 47.1. The number of carboxylic acids is 1. The third-order valence-corrected chi connectivity index (χ3v) is 1.66. The van der Waals surface area contributed by atoms with Gasteiger partial charge < -0.3 is 15.4 Å². The van der Waals surface area contributed by atoms with E-state index in [9.17, 15) is 19.2 Å². The van der Waals surface area contributed by atoms with Crippen molar-refractivity contribution in [1.29, 1.82) is 0 Å². The number of carbonyl (C=O) groups excluding carboxylic acids is 1. The Morgan fingerprint density at radius 3 is 2.56 bits per heavy atom. The first kappa shape index (κ1) is 11.7. The van der Waals surface area contributed by atoms with E-state index in [0.29, 0.717) is 0 Å². The topological polar surface area (TPSA) is 132 Å². The van der Waals surface area contributed by atoms with E-state index in [0.717, 1.165) is 6.20 Å². The Hall–Kier alpha value is -2.38. The predicted octanol–water partition coefficient (Wildman–Crippen LogP) is -1.13. The van der Waals surface area contributed by atoms with Crippen LogP contribution in [0.15, 0.2) is 15.8 Å². The summed E-state index contributed by atoms with van der Waals surface area (Å²) in [6, 6.07) is 0. The van der Waals surface area contributed by atoms with Crippen molar-refractivity contribution in [2.75, 3.05) is 5.32 Å². The monoisotopic (exact) mass is 227 g/mol. The Labute approximate surface area is 88.3 Å². The molecule has 0 spiro atoms. The average molecular weight is 227 g/mol. The number of H-pyrrole nitrogens is 2. The van der Waals surface area contributed by atoms with Crippen LogP contribution >= 0.6 is 0 Å². The number of rotatable bonds is 4. The minimum absolute atomic E-state index is 0.130. The summed E-state index contributed by atoms with van der Waals surface area (Å²) in [6.07, 6.45) is 0.473. The normalized spacial score (nSPS) is 9.75. The molecule has 0 saturated heterocycles. The van der Waals surface area contributed by atoms with Crippen molar-refractivity contribution < 1.29 is 14.7 Å². The lowest BCUT2D eigenvalue weighted by Gasteiger charge is -2.01. The minimum Gasteiger partial charge on any atom is -0.481 e. The molecule has 0 aliphatic carbocycles. The van der Waals surface area contributed by atoms with E-state index >= 15 is 0 Å². The molecule has 86 valence electrons. The molecule has 1 rings (SSSR count). The van der Waals surface area contributed by atoms with Crippen LogP contribution < -0.4 is 16.6 Å². The second-order valence-electron chi connectivity index (χ2n) is 2.93. The molecule has 1 heterocycles. The lowest BCUT2D eigenvalue weighted by atomic mass is 10.3. The van der Waals surface area contributed by atoms with Crippen LogP contribution in [0.1, 0.15) is 12.8 Å². The van der Waals surface area contributed by atoms with E-state index in [4.69, 9.17) is 5.11 Å². The van der Waals surface area contributed by atoms with Gasteiger partial charge >= 0.3 is 11.7 Å². The molecule has 0 atom stereocenters. The van der Waals surface area contributed by atoms with Gasteiger partial charge in [0.1, 0.15) is 5.69 Å². The van der Waals surface area contributed by atoms with Gasteiger partial charge in [-0.05, 0) is 0 Å². The van der Waals surface area contributed by atoms with E-state index in [1.807, 2.05) is 4.98 Å². The smallest absolute Gasteiger partial charge is 0.325 e. The van der Waals surface area contributed by atoms with Crippen LogP contribution in [-0.4, -0.2) is 27.0 Å². The number of hydrogen-bond acceptors (Lipinski definition) is 4. The van der Waals surface area contributed by atoms with Gasteiger partial charge in [0.25, 0.3) is 5.56 Å². The quantitative estimate of drug-likeness (QED) is 0.516. The summed E-state index contributed by atoms with van der Waals surface area (Å²) in [5, 5.41) is 10.5. The van der Waals surface area contributed by atoms with Gasteiger partial charge in [0.05, 0.1) is 6.42 Å². The molecule has 0 fully saturated rings. The Balaban J connectivity index is 2.66. The minimum atomic E-state index is -1.11. The molecule has 0 bridgehead atoms. The molecule has 16 heavy (non-hydrogen) atoms. The molecule has 0 aliphatic rings. The molecule has 0 saturated carbocycles. The summed E-state index contributed by atoms with van der Waals surface area (Å²) in [5.74, 6) is -1.72. The Morgan fingerprint density at radius 1 is 1.31 bits per heavy atom. The summed E-state index contributed by atoms with van der Waals surface area (Å²) < 4.78 is 0. The summed E-state index contributed by atoms with van der Waals surface area (Å²) >= 11 is 0. The van der Waals surface area contributed by atoms with Crippen LogP contribution in [0.3, 0.4) is 0 Å². The first-order valence-corrected chi connectivity index (χ1v) is 4.32. The van der Waals surface area contributed by atoms with Crippen molar-refractivity contribution in [3.63, 3.8) is 0 Å². The predicted molar refractivity (Wildman–Crippen MR) is 53.2 cm³/mol. The molecule has 1 aromatic rings. The number of aromatic nitrogens is 2. The van der Waals surface area contributed by atoms with Gasteiger partial charge in [-0.25, -0.2) is 4.79 Å². The molecule has 0 unspecified atom stereocenters.